The number of nitrogens with zero attached hydrogens (tertiary/aromatic N) is 2. The molecule has 1 heterocycles. The molecule has 0 saturated carbocycles. The number of nitro groups is 1. The Morgan fingerprint density at radius 2 is 2.16 bits per heavy atom. The molecule has 1 aromatic heterocycles. The fraction of sp³-hybridized carbons (Fsp3) is 0.278. The fourth-order valence-electron chi connectivity index (χ4n) is 3.49. The molecule has 0 spiro atoms. The van der Waals surface area contributed by atoms with Crippen molar-refractivity contribution in [2.24, 2.45) is 0 Å². The normalized spacial score (nSPS) is 19.2. The van der Waals surface area contributed by atoms with Gasteiger partial charge in [0.25, 0.3) is 5.69 Å². The highest BCUT2D eigenvalue weighted by atomic mass is 16.6. The first-order valence-electron chi connectivity index (χ1n) is 8.09. The van der Waals surface area contributed by atoms with Crippen molar-refractivity contribution in [1.82, 2.24) is 10.3 Å². The van der Waals surface area contributed by atoms with Crippen LogP contribution in [-0.2, 0) is 18.5 Å². The molecule has 1 aliphatic carbocycles. The minimum atomic E-state index is -0.511. The van der Waals surface area contributed by atoms with E-state index in [2.05, 4.69) is 16.4 Å². The zero-order valence-electron chi connectivity index (χ0n) is 13.4. The lowest BCUT2D eigenvalue weighted by Gasteiger charge is -2.29. The summed E-state index contributed by atoms with van der Waals surface area (Å²) in [6.45, 7) is 0.313. The molecule has 0 aliphatic heterocycles. The van der Waals surface area contributed by atoms with Gasteiger partial charge in [-0.1, -0.05) is 24.3 Å². The van der Waals surface area contributed by atoms with Crippen LogP contribution in [0.2, 0.25) is 0 Å². The van der Waals surface area contributed by atoms with Gasteiger partial charge >= 0.3 is 0 Å². The molecular formula is C18H17N3O4. The Balaban J connectivity index is 1.58. The van der Waals surface area contributed by atoms with Crippen LogP contribution in [0, 0.1) is 10.1 Å². The predicted molar refractivity (Wildman–Crippen MR) is 91.0 cm³/mol. The van der Waals surface area contributed by atoms with Gasteiger partial charge in [0.05, 0.1) is 23.6 Å². The first kappa shape index (κ1) is 15.7. The van der Waals surface area contributed by atoms with Crippen LogP contribution in [0.15, 0.2) is 46.9 Å². The highest BCUT2D eigenvalue weighted by Gasteiger charge is 2.37. The van der Waals surface area contributed by atoms with E-state index in [-0.39, 0.29) is 12.3 Å². The zero-order chi connectivity index (χ0) is 17.4. The van der Waals surface area contributed by atoms with E-state index in [4.69, 9.17) is 4.42 Å². The molecule has 7 nitrogen and oxygen atoms in total. The second kappa shape index (κ2) is 5.94. The summed E-state index contributed by atoms with van der Waals surface area (Å²) in [5.41, 5.74) is 2.77. The van der Waals surface area contributed by atoms with Crippen molar-refractivity contribution >= 4 is 16.8 Å². The highest BCUT2D eigenvalue weighted by molar-refractivity contribution is 5.75. The summed E-state index contributed by atoms with van der Waals surface area (Å²) in [5.74, 6) is 0.438. The maximum absolute atomic E-state index is 10.9. The van der Waals surface area contributed by atoms with Crippen molar-refractivity contribution in [3.63, 3.8) is 0 Å². The minimum absolute atomic E-state index is 0.0168. The lowest BCUT2D eigenvalue weighted by Crippen LogP contribution is -2.43. The third-order valence-corrected chi connectivity index (χ3v) is 4.83. The van der Waals surface area contributed by atoms with E-state index in [0.29, 0.717) is 23.5 Å². The van der Waals surface area contributed by atoms with Gasteiger partial charge in [-0.3, -0.25) is 15.4 Å². The zero-order valence-corrected chi connectivity index (χ0v) is 13.4. The molecule has 2 N–H and O–H groups in total. The molecule has 25 heavy (non-hydrogen) atoms. The van der Waals surface area contributed by atoms with Crippen LogP contribution in [0.3, 0.4) is 0 Å². The van der Waals surface area contributed by atoms with Crippen LogP contribution in [0.5, 0.6) is 0 Å². The average Bonchev–Trinajstić information content (AvgIpc) is 3.21. The summed E-state index contributed by atoms with van der Waals surface area (Å²) >= 11 is 0. The van der Waals surface area contributed by atoms with E-state index in [1.807, 2.05) is 18.2 Å². The van der Waals surface area contributed by atoms with Crippen molar-refractivity contribution in [1.29, 1.82) is 0 Å². The Labute approximate surface area is 143 Å². The summed E-state index contributed by atoms with van der Waals surface area (Å²) in [7, 11) is 0. The van der Waals surface area contributed by atoms with Crippen molar-refractivity contribution in [3.05, 3.63) is 69.6 Å². The molecule has 2 aromatic carbocycles. The molecule has 0 radical (unpaired) electrons. The number of nitro benzene ring substituents is 1. The van der Waals surface area contributed by atoms with E-state index >= 15 is 0 Å². The Hall–Kier alpha value is -2.77. The Kier molecular flexibility index (Phi) is 3.74. The molecule has 0 amide bonds. The van der Waals surface area contributed by atoms with Crippen LogP contribution in [0.4, 0.5) is 5.69 Å². The molecule has 0 fully saturated rings. The van der Waals surface area contributed by atoms with Crippen LogP contribution in [0.25, 0.3) is 11.1 Å². The third-order valence-electron chi connectivity index (χ3n) is 4.83. The molecule has 1 aliphatic rings. The highest BCUT2D eigenvalue weighted by Crippen LogP contribution is 2.36. The van der Waals surface area contributed by atoms with Crippen LogP contribution < -0.4 is 5.32 Å². The van der Waals surface area contributed by atoms with E-state index < -0.39 is 10.5 Å². The van der Waals surface area contributed by atoms with E-state index in [0.717, 1.165) is 18.4 Å². The lowest BCUT2D eigenvalue weighted by molar-refractivity contribution is -0.384. The van der Waals surface area contributed by atoms with Gasteiger partial charge in [0, 0.05) is 12.1 Å². The number of aliphatic hydroxyl groups is 1. The Morgan fingerprint density at radius 1 is 1.32 bits per heavy atom. The summed E-state index contributed by atoms with van der Waals surface area (Å²) in [6.07, 6.45) is 1.71. The van der Waals surface area contributed by atoms with Gasteiger partial charge in [-0.15, -0.1) is 0 Å². The topological polar surface area (TPSA) is 101 Å². The molecule has 1 unspecified atom stereocenters. The molecule has 4 rings (SSSR count). The van der Waals surface area contributed by atoms with Crippen molar-refractivity contribution < 1.29 is 14.4 Å². The maximum Gasteiger partial charge on any atom is 0.271 e. The summed E-state index contributed by atoms with van der Waals surface area (Å²) in [6, 6.07) is 12.4. The number of aliphatic hydroxyl groups excluding tert-OH is 1. The number of fused-ring (bicyclic) bond motifs is 2. The number of benzene rings is 2. The van der Waals surface area contributed by atoms with E-state index in [1.165, 1.54) is 17.7 Å². The number of aromatic nitrogens is 1. The number of aryl methyl sites for hydroxylation is 1. The second-order valence-corrected chi connectivity index (χ2v) is 6.27. The number of hydrogen-bond acceptors (Lipinski definition) is 6. The van der Waals surface area contributed by atoms with Crippen molar-refractivity contribution in [3.8, 4) is 0 Å². The van der Waals surface area contributed by atoms with Gasteiger partial charge in [0.15, 0.2) is 5.58 Å². The molecular weight excluding hydrogens is 322 g/mol. The monoisotopic (exact) mass is 339 g/mol. The summed E-state index contributed by atoms with van der Waals surface area (Å²) in [4.78, 5) is 14.7. The molecule has 0 saturated heterocycles. The average molecular weight is 339 g/mol. The van der Waals surface area contributed by atoms with Crippen LogP contribution in [-0.4, -0.2) is 21.6 Å². The van der Waals surface area contributed by atoms with Gasteiger partial charge in [-0.05, 0) is 30.0 Å². The smallest absolute Gasteiger partial charge is 0.271 e. The first-order chi connectivity index (χ1) is 12.1. The molecule has 7 heteroatoms. The largest absolute Gasteiger partial charge is 0.439 e. The van der Waals surface area contributed by atoms with Crippen LogP contribution >= 0.6 is 0 Å². The number of nitrogens with one attached hydrogen (secondary N) is 1. The van der Waals surface area contributed by atoms with Crippen molar-refractivity contribution in [2.75, 3.05) is 6.61 Å². The van der Waals surface area contributed by atoms with E-state index in [9.17, 15) is 15.2 Å². The molecule has 128 valence electrons. The minimum Gasteiger partial charge on any atom is -0.439 e. The number of oxazole rings is 1. The lowest BCUT2D eigenvalue weighted by atomic mass is 9.92. The maximum atomic E-state index is 10.9. The fourth-order valence-corrected chi connectivity index (χ4v) is 3.49. The number of non-ortho nitro benzene ring substituents is 1. The number of hydrogen-bond donors (Lipinski definition) is 2. The SMILES string of the molecule is O=[N+]([O-])c1ccc2oc(CNC3(CO)CCc4ccccc43)nc2c1. The Morgan fingerprint density at radius 3 is 2.96 bits per heavy atom. The third kappa shape index (κ3) is 2.67. The summed E-state index contributed by atoms with van der Waals surface area (Å²) < 4.78 is 5.66. The molecule has 0 bridgehead atoms. The van der Waals surface area contributed by atoms with E-state index in [1.54, 1.807) is 6.07 Å². The van der Waals surface area contributed by atoms with Crippen molar-refractivity contribution in [2.45, 2.75) is 24.9 Å². The van der Waals surface area contributed by atoms with Gasteiger partial charge < -0.3 is 9.52 Å². The van der Waals surface area contributed by atoms with Gasteiger partial charge in [-0.2, -0.15) is 0 Å². The van der Waals surface area contributed by atoms with Gasteiger partial charge in [-0.25, -0.2) is 4.98 Å². The summed E-state index contributed by atoms with van der Waals surface area (Å²) in [5, 5.41) is 24.2. The van der Waals surface area contributed by atoms with Gasteiger partial charge in [0.1, 0.15) is 5.52 Å². The standard InChI is InChI=1S/C18H17N3O4/c22-11-18(8-7-12-3-1-2-4-14(12)18)19-10-17-20-15-9-13(21(23)24)5-6-16(15)25-17/h1-6,9,19,22H,7-8,10-11H2. The molecule has 1 atom stereocenters. The Bertz CT molecular complexity index is 952. The first-order valence-corrected chi connectivity index (χ1v) is 8.09. The predicted octanol–water partition coefficient (Wildman–Crippen LogP) is 2.66. The second-order valence-electron chi connectivity index (χ2n) is 6.27. The number of rotatable bonds is 5. The van der Waals surface area contributed by atoms with Crippen LogP contribution in [0.1, 0.15) is 23.4 Å². The van der Waals surface area contributed by atoms with Gasteiger partial charge in [0.2, 0.25) is 5.89 Å². The molecule has 3 aromatic rings. The quantitative estimate of drug-likeness (QED) is 0.547.